The normalized spacial score (nSPS) is 12.8. The number of nitrogens with one attached hydrogen (secondary N) is 1. The molecule has 2 rings (SSSR count). The van der Waals surface area contributed by atoms with Crippen molar-refractivity contribution >= 4 is 21.6 Å². The van der Waals surface area contributed by atoms with Crippen LogP contribution >= 0.6 is 11.6 Å². The summed E-state index contributed by atoms with van der Waals surface area (Å²) in [7, 11) is -2.37. The van der Waals surface area contributed by atoms with E-state index in [1.54, 1.807) is 31.4 Å². The molecule has 0 saturated heterocycles. The average Bonchev–Trinajstić information content (AvgIpc) is 2.61. The monoisotopic (exact) mass is 405 g/mol. The van der Waals surface area contributed by atoms with E-state index in [2.05, 4.69) is 9.46 Å². The lowest BCUT2D eigenvalue weighted by Crippen LogP contribution is -2.28. The van der Waals surface area contributed by atoms with Crippen molar-refractivity contribution in [1.29, 1.82) is 0 Å². The largest absolute Gasteiger partial charge is 0.497 e. The van der Waals surface area contributed by atoms with E-state index in [1.807, 2.05) is 6.92 Å². The standard InChI is InChI=1S/C17H18ClF2NO4S/c1-3-15(11-4-6-12(24-2)7-5-11)21-26(22,23)13-8-9-16(14(18)10-13)25-17(19)20/h4-10,15,17,21H,3H2,1-2H3. The summed E-state index contributed by atoms with van der Waals surface area (Å²) in [5, 5.41) is -0.217. The molecule has 0 amide bonds. The van der Waals surface area contributed by atoms with Gasteiger partial charge in [0.2, 0.25) is 10.0 Å². The van der Waals surface area contributed by atoms with Gasteiger partial charge >= 0.3 is 6.61 Å². The molecule has 0 saturated carbocycles. The Bertz CT molecular complexity index is 844. The number of hydrogen-bond acceptors (Lipinski definition) is 4. The number of sulfonamides is 1. The molecule has 1 atom stereocenters. The van der Waals surface area contributed by atoms with Gasteiger partial charge in [0.15, 0.2) is 0 Å². The van der Waals surface area contributed by atoms with Crippen molar-refractivity contribution in [3.63, 3.8) is 0 Å². The zero-order chi connectivity index (χ0) is 19.3. The molecule has 0 radical (unpaired) electrons. The molecule has 0 aliphatic carbocycles. The minimum Gasteiger partial charge on any atom is -0.497 e. The molecule has 0 bridgehead atoms. The SMILES string of the molecule is CCC(NS(=O)(=O)c1ccc(OC(F)F)c(Cl)c1)c1ccc(OC)cc1. The maximum Gasteiger partial charge on any atom is 0.387 e. The van der Waals surface area contributed by atoms with Crippen LogP contribution in [0, 0.1) is 0 Å². The highest BCUT2D eigenvalue weighted by Crippen LogP contribution is 2.29. The highest BCUT2D eigenvalue weighted by atomic mass is 35.5. The summed E-state index contributed by atoms with van der Waals surface area (Å²) in [4.78, 5) is -0.143. The number of rotatable bonds is 8. The third-order valence-corrected chi connectivity index (χ3v) is 5.42. The lowest BCUT2D eigenvalue weighted by atomic mass is 10.1. The highest BCUT2D eigenvalue weighted by Gasteiger charge is 2.22. The Morgan fingerprint density at radius 1 is 1.15 bits per heavy atom. The van der Waals surface area contributed by atoms with E-state index in [1.165, 1.54) is 0 Å². The lowest BCUT2D eigenvalue weighted by Gasteiger charge is -2.18. The Morgan fingerprint density at radius 3 is 2.31 bits per heavy atom. The summed E-state index contributed by atoms with van der Waals surface area (Å²) in [5.41, 5.74) is 0.764. The topological polar surface area (TPSA) is 64.6 Å². The second-order valence-corrected chi connectivity index (χ2v) is 7.45. The molecule has 2 aromatic carbocycles. The van der Waals surface area contributed by atoms with Crippen molar-refractivity contribution in [2.24, 2.45) is 0 Å². The summed E-state index contributed by atoms with van der Waals surface area (Å²) >= 11 is 5.84. The van der Waals surface area contributed by atoms with Crippen LogP contribution < -0.4 is 14.2 Å². The third kappa shape index (κ3) is 5.06. The first kappa shape index (κ1) is 20.4. The molecule has 142 valence electrons. The molecule has 1 N–H and O–H groups in total. The summed E-state index contributed by atoms with van der Waals surface area (Å²) in [6.07, 6.45) is 0.506. The maximum absolute atomic E-state index is 12.6. The van der Waals surface area contributed by atoms with Gasteiger partial charge in [-0.1, -0.05) is 30.7 Å². The van der Waals surface area contributed by atoms with Crippen LogP contribution in [-0.2, 0) is 10.0 Å². The molecule has 5 nitrogen and oxygen atoms in total. The van der Waals surface area contributed by atoms with Gasteiger partial charge in [-0.25, -0.2) is 13.1 Å². The number of ether oxygens (including phenoxy) is 2. The van der Waals surface area contributed by atoms with Crippen molar-refractivity contribution in [1.82, 2.24) is 4.72 Å². The van der Waals surface area contributed by atoms with Gasteiger partial charge in [0, 0.05) is 6.04 Å². The molecule has 0 aliphatic rings. The number of benzene rings is 2. The van der Waals surface area contributed by atoms with E-state index < -0.39 is 22.7 Å². The fraction of sp³-hybridized carbons (Fsp3) is 0.294. The zero-order valence-corrected chi connectivity index (χ0v) is 15.7. The molecule has 9 heteroatoms. The van der Waals surface area contributed by atoms with E-state index in [-0.39, 0.29) is 15.7 Å². The first-order valence-corrected chi connectivity index (χ1v) is 9.53. The Balaban J connectivity index is 2.23. The summed E-state index contributed by atoms with van der Waals surface area (Å²) in [6, 6.07) is 9.86. The molecule has 0 aliphatic heterocycles. The van der Waals surface area contributed by atoms with Crippen molar-refractivity contribution in [3.8, 4) is 11.5 Å². The van der Waals surface area contributed by atoms with Crippen molar-refractivity contribution in [3.05, 3.63) is 53.1 Å². The van der Waals surface area contributed by atoms with Crippen LogP contribution in [-0.4, -0.2) is 22.1 Å². The van der Waals surface area contributed by atoms with Gasteiger partial charge < -0.3 is 9.47 Å². The molecule has 0 aromatic heterocycles. The van der Waals surface area contributed by atoms with Gasteiger partial charge in [-0.05, 0) is 42.3 Å². The van der Waals surface area contributed by atoms with Crippen LogP contribution in [0.1, 0.15) is 24.9 Å². The Kier molecular flexibility index (Phi) is 6.80. The Hall–Kier alpha value is -1.90. The number of alkyl halides is 2. The Morgan fingerprint density at radius 2 is 1.81 bits per heavy atom. The molecular weight excluding hydrogens is 388 g/mol. The molecular formula is C17H18ClF2NO4S. The van der Waals surface area contributed by atoms with Crippen LogP contribution in [0.15, 0.2) is 47.4 Å². The first-order valence-electron chi connectivity index (χ1n) is 7.67. The summed E-state index contributed by atoms with van der Waals surface area (Å²) in [6.45, 7) is -1.21. The van der Waals surface area contributed by atoms with Crippen molar-refractivity contribution in [2.45, 2.75) is 30.9 Å². The van der Waals surface area contributed by atoms with E-state index in [9.17, 15) is 17.2 Å². The van der Waals surface area contributed by atoms with E-state index in [0.717, 1.165) is 23.8 Å². The second-order valence-electron chi connectivity index (χ2n) is 5.33. The summed E-state index contributed by atoms with van der Waals surface area (Å²) in [5.74, 6) is 0.371. The van der Waals surface area contributed by atoms with Crippen LogP contribution in [0.4, 0.5) is 8.78 Å². The van der Waals surface area contributed by atoms with Crippen molar-refractivity contribution in [2.75, 3.05) is 7.11 Å². The van der Waals surface area contributed by atoms with Crippen LogP contribution in [0.2, 0.25) is 5.02 Å². The van der Waals surface area contributed by atoms with Gasteiger partial charge in [0.1, 0.15) is 11.5 Å². The number of hydrogen-bond donors (Lipinski definition) is 1. The molecule has 0 fully saturated rings. The van der Waals surface area contributed by atoms with Gasteiger partial charge in [-0.2, -0.15) is 8.78 Å². The predicted octanol–water partition coefficient (Wildman–Crippen LogP) is 4.38. The van der Waals surface area contributed by atoms with Gasteiger partial charge in [-0.15, -0.1) is 0 Å². The zero-order valence-electron chi connectivity index (χ0n) is 14.1. The fourth-order valence-electron chi connectivity index (χ4n) is 2.32. The number of methoxy groups -OCH3 is 1. The quantitative estimate of drug-likeness (QED) is 0.707. The van der Waals surface area contributed by atoms with E-state index in [0.29, 0.717) is 12.2 Å². The lowest BCUT2D eigenvalue weighted by molar-refractivity contribution is -0.0498. The fourth-order valence-corrected chi connectivity index (χ4v) is 3.94. The van der Waals surface area contributed by atoms with Gasteiger partial charge in [-0.3, -0.25) is 0 Å². The maximum atomic E-state index is 12.6. The Labute approximate surface area is 155 Å². The van der Waals surface area contributed by atoms with Crippen LogP contribution in [0.3, 0.4) is 0 Å². The molecule has 0 heterocycles. The second kappa shape index (κ2) is 8.66. The first-order chi connectivity index (χ1) is 12.3. The van der Waals surface area contributed by atoms with E-state index in [4.69, 9.17) is 16.3 Å². The molecule has 2 aromatic rings. The predicted molar refractivity (Wildman–Crippen MR) is 94.4 cm³/mol. The average molecular weight is 406 g/mol. The number of halogens is 3. The summed E-state index contributed by atoms with van der Waals surface area (Å²) < 4.78 is 61.6. The smallest absolute Gasteiger partial charge is 0.387 e. The van der Waals surface area contributed by atoms with Crippen LogP contribution in [0.5, 0.6) is 11.5 Å². The van der Waals surface area contributed by atoms with E-state index >= 15 is 0 Å². The minimum atomic E-state index is -3.91. The third-order valence-electron chi connectivity index (χ3n) is 3.65. The minimum absolute atomic E-state index is 0.143. The van der Waals surface area contributed by atoms with Gasteiger partial charge in [0.25, 0.3) is 0 Å². The van der Waals surface area contributed by atoms with Gasteiger partial charge in [0.05, 0.1) is 17.0 Å². The van der Waals surface area contributed by atoms with Crippen LogP contribution in [0.25, 0.3) is 0 Å². The molecule has 26 heavy (non-hydrogen) atoms. The van der Waals surface area contributed by atoms with Crippen molar-refractivity contribution < 1.29 is 26.7 Å². The molecule has 0 spiro atoms. The molecule has 1 unspecified atom stereocenters. The highest BCUT2D eigenvalue weighted by molar-refractivity contribution is 7.89.